The molecule has 2 rings (SSSR count). The summed E-state index contributed by atoms with van der Waals surface area (Å²) in [6.07, 6.45) is 2.38. The van der Waals surface area contributed by atoms with Gasteiger partial charge in [-0.2, -0.15) is 0 Å². The Bertz CT molecular complexity index is 687. The van der Waals surface area contributed by atoms with Crippen molar-refractivity contribution in [1.82, 2.24) is 4.98 Å². The fraction of sp³-hybridized carbons (Fsp3) is 0.154. The van der Waals surface area contributed by atoms with Crippen LogP contribution in [0.2, 0.25) is 5.02 Å². The molecule has 0 aliphatic rings. The number of nitrogens with zero attached hydrogens (tertiary/aromatic N) is 1. The van der Waals surface area contributed by atoms with E-state index in [0.29, 0.717) is 17.4 Å². The lowest BCUT2D eigenvalue weighted by Crippen LogP contribution is -2.12. The molecular formula is C13H14ClN3O2S. The van der Waals surface area contributed by atoms with Crippen LogP contribution >= 0.6 is 11.6 Å². The molecule has 1 aromatic heterocycles. The summed E-state index contributed by atoms with van der Waals surface area (Å²) in [6, 6.07) is 10.00. The molecule has 3 N–H and O–H groups in total. The van der Waals surface area contributed by atoms with E-state index >= 15 is 0 Å². The van der Waals surface area contributed by atoms with Crippen molar-refractivity contribution in [2.75, 3.05) is 11.9 Å². The van der Waals surface area contributed by atoms with Gasteiger partial charge in [0.1, 0.15) is 5.82 Å². The lowest BCUT2D eigenvalue weighted by atomic mass is 10.1. The standard InChI is InChI=1S/C13H14ClN3O2S/c14-12-2-1-8-16-13(12)17-9-7-10-3-5-11(6-4-10)20(15,18)19/h1-6,8H,7,9H2,(H,16,17)(H2,15,18,19). The Labute approximate surface area is 122 Å². The number of hydrogen-bond donors (Lipinski definition) is 2. The van der Waals surface area contributed by atoms with Crippen molar-refractivity contribution in [2.45, 2.75) is 11.3 Å². The van der Waals surface area contributed by atoms with Crippen LogP contribution in [0.4, 0.5) is 5.82 Å². The third kappa shape index (κ3) is 3.93. The fourth-order valence-corrected chi connectivity index (χ4v) is 2.39. The highest BCUT2D eigenvalue weighted by molar-refractivity contribution is 7.89. The summed E-state index contributed by atoms with van der Waals surface area (Å²) in [5.41, 5.74) is 0.997. The number of anilines is 1. The van der Waals surface area contributed by atoms with Gasteiger partial charge < -0.3 is 5.32 Å². The van der Waals surface area contributed by atoms with Crippen LogP contribution in [0, 0.1) is 0 Å². The normalized spacial score (nSPS) is 11.3. The van der Waals surface area contributed by atoms with E-state index in [4.69, 9.17) is 16.7 Å². The first kappa shape index (κ1) is 14.8. The van der Waals surface area contributed by atoms with Gasteiger partial charge >= 0.3 is 0 Å². The van der Waals surface area contributed by atoms with Gasteiger partial charge in [-0.15, -0.1) is 0 Å². The third-order valence-electron chi connectivity index (χ3n) is 2.72. The minimum absolute atomic E-state index is 0.113. The largest absolute Gasteiger partial charge is 0.369 e. The molecular weight excluding hydrogens is 298 g/mol. The summed E-state index contributed by atoms with van der Waals surface area (Å²) in [5.74, 6) is 0.635. The first-order chi connectivity index (χ1) is 9.47. The Morgan fingerprint density at radius 1 is 1.20 bits per heavy atom. The molecule has 20 heavy (non-hydrogen) atoms. The molecule has 0 unspecified atom stereocenters. The van der Waals surface area contributed by atoms with Gasteiger partial charge in [0.25, 0.3) is 0 Å². The predicted octanol–water partition coefficient (Wildman–Crippen LogP) is 2.04. The molecule has 5 nitrogen and oxygen atoms in total. The van der Waals surface area contributed by atoms with Gasteiger partial charge in [0, 0.05) is 12.7 Å². The molecule has 0 bridgehead atoms. The Balaban J connectivity index is 1.94. The summed E-state index contributed by atoms with van der Waals surface area (Å²) in [6.45, 7) is 0.644. The molecule has 0 aliphatic carbocycles. The third-order valence-corrected chi connectivity index (χ3v) is 3.95. The molecule has 0 spiro atoms. The zero-order chi connectivity index (χ0) is 14.6. The van der Waals surface area contributed by atoms with Crippen LogP contribution in [0.3, 0.4) is 0 Å². The number of aromatic nitrogens is 1. The van der Waals surface area contributed by atoms with Crippen LogP contribution in [-0.2, 0) is 16.4 Å². The summed E-state index contributed by atoms with van der Waals surface area (Å²) < 4.78 is 22.2. The van der Waals surface area contributed by atoms with Crippen LogP contribution in [0.5, 0.6) is 0 Å². The van der Waals surface area contributed by atoms with Crippen molar-refractivity contribution in [2.24, 2.45) is 5.14 Å². The van der Waals surface area contributed by atoms with Crippen molar-refractivity contribution in [1.29, 1.82) is 0 Å². The SMILES string of the molecule is NS(=O)(=O)c1ccc(CCNc2ncccc2Cl)cc1. The Morgan fingerprint density at radius 2 is 1.90 bits per heavy atom. The van der Waals surface area contributed by atoms with Gasteiger partial charge in [-0.1, -0.05) is 23.7 Å². The summed E-state index contributed by atoms with van der Waals surface area (Å²) >= 11 is 5.97. The van der Waals surface area contributed by atoms with Crippen molar-refractivity contribution in [3.8, 4) is 0 Å². The highest BCUT2D eigenvalue weighted by atomic mass is 35.5. The van der Waals surface area contributed by atoms with Crippen molar-refractivity contribution >= 4 is 27.4 Å². The number of hydrogen-bond acceptors (Lipinski definition) is 4. The van der Waals surface area contributed by atoms with Crippen LogP contribution in [-0.4, -0.2) is 19.9 Å². The number of nitrogens with one attached hydrogen (secondary N) is 1. The number of primary sulfonamides is 1. The number of nitrogens with two attached hydrogens (primary N) is 1. The molecule has 2 aromatic rings. The summed E-state index contributed by atoms with van der Waals surface area (Å²) in [4.78, 5) is 4.23. The molecule has 0 amide bonds. The monoisotopic (exact) mass is 311 g/mol. The summed E-state index contributed by atoms with van der Waals surface area (Å²) in [7, 11) is -3.63. The Hall–Kier alpha value is -1.63. The van der Waals surface area contributed by atoms with Crippen molar-refractivity contribution in [3.63, 3.8) is 0 Å². The quantitative estimate of drug-likeness (QED) is 0.885. The molecule has 106 valence electrons. The molecule has 0 fully saturated rings. The maximum absolute atomic E-state index is 11.1. The van der Waals surface area contributed by atoms with Gasteiger partial charge in [0.05, 0.1) is 9.92 Å². The van der Waals surface area contributed by atoms with Crippen LogP contribution in [0.15, 0.2) is 47.5 Å². The first-order valence-corrected chi connectivity index (χ1v) is 7.85. The molecule has 7 heteroatoms. The highest BCUT2D eigenvalue weighted by Crippen LogP contribution is 2.17. The minimum atomic E-state index is -3.63. The van der Waals surface area contributed by atoms with E-state index in [1.54, 1.807) is 30.5 Å². The van der Waals surface area contributed by atoms with E-state index in [2.05, 4.69) is 10.3 Å². The number of halogens is 1. The van der Waals surface area contributed by atoms with E-state index in [9.17, 15) is 8.42 Å². The van der Waals surface area contributed by atoms with Gasteiger partial charge in [-0.25, -0.2) is 18.5 Å². The van der Waals surface area contributed by atoms with Gasteiger partial charge in [-0.3, -0.25) is 0 Å². The maximum atomic E-state index is 11.1. The van der Waals surface area contributed by atoms with E-state index in [0.717, 1.165) is 12.0 Å². The molecule has 0 radical (unpaired) electrons. The minimum Gasteiger partial charge on any atom is -0.369 e. The second-order valence-corrected chi connectivity index (χ2v) is 6.17. The number of sulfonamides is 1. The van der Waals surface area contributed by atoms with E-state index in [-0.39, 0.29) is 4.90 Å². The smallest absolute Gasteiger partial charge is 0.238 e. The van der Waals surface area contributed by atoms with E-state index in [1.807, 2.05) is 0 Å². The van der Waals surface area contributed by atoms with Crippen LogP contribution in [0.1, 0.15) is 5.56 Å². The van der Waals surface area contributed by atoms with Crippen LogP contribution in [0.25, 0.3) is 0 Å². The molecule has 1 aromatic carbocycles. The van der Waals surface area contributed by atoms with E-state index < -0.39 is 10.0 Å². The number of rotatable bonds is 5. The predicted molar refractivity (Wildman–Crippen MR) is 79.3 cm³/mol. The molecule has 0 aliphatic heterocycles. The lowest BCUT2D eigenvalue weighted by Gasteiger charge is -2.07. The van der Waals surface area contributed by atoms with Crippen molar-refractivity contribution < 1.29 is 8.42 Å². The van der Waals surface area contributed by atoms with Crippen molar-refractivity contribution in [3.05, 3.63) is 53.2 Å². The molecule has 0 saturated carbocycles. The highest BCUT2D eigenvalue weighted by Gasteiger charge is 2.06. The maximum Gasteiger partial charge on any atom is 0.238 e. The second-order valence-electron chi connectivity index (χ2n) is 4.20. The Morgan fingerprint density at radius 3 is 2.50 bits per heavy atom. The van der Waals surface area contributed by atoms with Gasteiger partial charge in [0.2, 0.25) is 10.0 Å². The number of benzene rings is 1. The average Bonchev–Trinajstić information content (AvgIpc) is 2.40. The molecule has 1 heterocycles. The summed E-state index contributed by atoms with van der Waals surface area (Å²) in [5, 5.41) is 8.72. The zero-order valence-electron chi connectivity index (χ0n) is 10.6. The Kier molecular flexibility index (Phi) is 4.59. The van der Waals surface area contributed by atoms with Crippen LogP contribution < -0.4 is 10.5 Å². The van der Waals surface area contributed by atoms with Gasteiger partial charge in [0.15, 0.2) is 0 Å². The molecule has 0 atom stereocenters. The topological polar surface area (TPSA) is 85.1 Å². The second kappa shape index (κ2) is 6.21. The van der Waals surface area contributed by atoms with E-state index in [1.165, 1.54) is 12.1 Å². The number of pyridine rings is 1. The zero-order valence-corrected chi connectivity index (χ0v) is 12.2. The average molecular weight is 312 g/mol. The fourth-order valence-electron chi connectivity index (χ4n) is 1.69. The van der Waals surface area contributed by atoms with Gasteiger partial charge in [-0.05, 0) is 36.2 Å². The lowest BCUT2D eigenvalue weighted by molar-refractivity contribution is 0.598. The first-order valence-electron chi connectivity index (χ1n) is 5.93. The molecule has 0 saturated heterocycles.